The molecule has 0 bridgehead atoms. The summed E-state index contributed by atoms with van der Waals surface area (Å²) in [5, 5.41) is 20.3. The molecule has 0 saturated heterocycles. The zero-order chi connectivity index (χ0) is 19.5. The molecule has 0 saturated carbocycles. The highest BCUT2D eigenvalue weighted by atomic mass is 32.2. The van der Waals surface area contributed by atoms with E-state index in [9.17, 15) is 14.4 Å². The Morgan fingerprint density at radius 3 is 2.58 bits per heavy atom. The third kappa shape index (κ3) is 4.05. The van der Waals surface area contributed by atoms with E-state index >= 15 is 0 Å². The van der Waals surface area contributed by atoms with Gasteiger partial charge in [0.05, 0.1) is 16.9 Å². The first-order valence-corrected chi connectivity index (χ1v) is 9.11. The summed E-state index contributed by atoms with van der Waals surface area (Å²) in [5.41, 5.74) is -0.590. The van der Waals surface area contributed by atoms with Crippen molar-refractivity contribution >= 4 is 17.7 Å². The molecule has 6 nitrogen and oxygen atoms in total. The monoisotopic (exact) mass is 375 g/mol. The molecule has 2 aromatic rings. The summed E-state index contributed by atoms with van der Waals surface area (Å²) >= 11 is 1.21. The van der Waals surface area contributed by atoms with Gasteiger partial charge in [-0.2, -0.15) is 5.26 Å². The second-order valence-corrected chi connectivity index (χ2v) is 7.87. The number of amides is 1. The number of benzene rings is 1. The summed E-state index contributed by atoms with van der Waals surface area (Å²) in [6.07, 6.45) is 0. The molecule has 0 radical (unpaired) electrons. The number of carbonyl (C=O) groups is 1. The second kappa shape index (κ2) is 7.87. The van der Waals surface area contributed by atoms with Crippen molar-refractivity contribution < 1.29 is 9.18 Å². The van der Waals surface area contributed by atoms with Crippen molar-refractivity contribution in [3.05, 3.63) is 30.1 Å². The minimum atomic E-state index is -0.940. The first-order valence-electron chi connectivity index (χ1n) is 8.23. The van der Waals surface area contributed by atoms with Gasteiger partial charge in [-0.05, 0) is 31.9 Å². The van der Waals surface area contributed by atoms with E-state index in [1.54, 1.807) is 43.7 Å². The van der Waals surface area contributed by atoms with Gasteiger partial charge in [0.15, 0.2) is 11.0 Å². The molecule has 0 aliphatic carbocycles. The van der Waals surface area contributed by atoms with Gasteiger partial charge in [0.1, 0.15) is 11.4 Å². The minimum absolute atomic E-state index is 0.0314. The van der Waals surface area contributed by atoms with Crippen molar-refractivity contribution in [3.8, 4) is 17.5 Å². The van der Waals surface area contributed by atoms with Crippen molar-refractivity contribution in [3.63, 3.8) is 0 Å². The Hall–Kier alpha value is -2.40. The molecule has 2 atom stereocenters. The standard InChI is InChI=1S/C18H22FN5OS/c1-11(2)18(4,10-20)21-16(25)12(3)26-17-23-22-15(24(17)5)13-8-6-7-9-14(13)19/h6-9,11-12H,1-5H3,(H,21,25)/t12-,18+/m0/s1. The lowest BCUT2D eigenvalue weighted by atomic mass is 9.90. The molecular formula is C18H22FN5OS. The summed E-state index contributed by atoms with van der Waals surface area (Å²) in [5.74, 6) is -0.284. The van der Waals surface area contributed by atoms with E-state index in [-0.39, 0.29) is 17.6 Å². The van der Waals surface area contributed by atoms with Crippen LogP contribution in [-0.2, 0) is 11.8 Å². The van der Waals surface area contributed by atoms with E-state index in [2.05, 4.69) is 21.6 Å². The molecule has 1 heterocycles. The number of aromatic nitrogens is 3. The average molecular weight is 375 g/mol. The van der Waals surface area contributed by atoms with Crippen LogP contribution >= 0.6 is 11.8 Å². The topological polar surface area (TPSA) is 83.6 Å². The SMILES string of the molecule is CC(C)[C@@](C)(C#N)NC(=O)[C@H](C)Sc1nnc(-c2ccccc2F)n1C. The molecule has 1 aromatic heterocycles. The molecule has 0 fully saturated rings. The summed E-state index contributed by atoms with van der Waals surface area (Å²) < 4.78 is 15.6. The van der Waals surface area contributed by atoms with Gasteiger partial charge in [-0.15, -0.1) is 10.2 Å². The highest BCUT2D eigenvalue weighted by molar-refractivity contribution is 8.00. The summed E-state index contributed by atoms with van der Waals surface area (Å²) in [7, 11) is 1.72. The molecule has 2 rings (SSSR count). The van der Waals surface area contributed by atoms with Crippen LogP contribution in [0.4, 0.5) is 4.39 Å². The van der Waals surface area contributed by atoms with Gasteiger partial charge in [-0.1, -0.05) is 37.7 Å². The van der Waals surface area contributed by atoms with Gasteiger partial charge in [0.25, 0.3) is 0 Å². The van der Waals surface area contributed by atoms with Crippen LogP contribution in [-0.4, -0.2) is 31.5 Å². The van der Waals surface area contributed by atoms with Crippen molar-refractivity contribution in [2.75, 3.05) is 0 Å². The fourth-order valence-electron chi connectivity index (χ4n) is 2.17. The number of thioether (sulfide) groups is 1. The van der Waals surface area contributed by atoms with Crippen molar-refractivity contribution in [2.24, 2.45) is 13.0 Å². The average Bonchev–Trinajstić information content (AvgIpc) is 2.95. The number of nitrogens with zero attached hydrogens (tertiary/aromatic N) is 4. The van der Waals surface area contributed by atoms with Gasteiger partial charge >= 0.3 is 0 Å². The van der Waals surface area contributed by atoms with Crippen LogP contribution in [0.3, 0.4) is 0 Å². The molecule has 0 aliphatic rings. The number of nitriles is 1. The highest BCUT2D eigenvalue weighted by Crippen LogP contribution is 2.27. The normalized spacial score (nSPS) is 14.5. The Kier molecular flexibility index (Phi) is 6.03. The summed E-state index contributed by atoms with van der Waals surface area (Å²) in [6.45, 7) is 7.19. The predicted octanol–water partition coefficient (Wildman–Crippen LogP) is 3.16. The van der Waals surface area contributed by atoms with Crippen molar-refractivity contribution in [2.45, 2.75) is 43.6 Å². The first kappa shape index (κ1) is 19.9. The number of halogens is 1. The van der Waals surface area contributed by atoms with E-state index in [0.717, 1.165) is 0 Å². The highest BCUT2D eigenvalue weighted by Gasteiger charge is 2.32. The molecule has 1 aromatic carbocycles. The molecule has 26 heavy (non-hydrogen) atoms. The lowest BCUT2D eigenvalue weighted by Crippen LogP contribution is -2.51. The Bertz CT molecular complexity index is 844. The molecule has 0 aliphatic heterocycles. The number of rotatable bonds is 6. The smallest absolute Gasteiger partial charge is 0.234 e. The van der Waals surface area contributed by atoms with Crippen LogP contribution in [0.15, 0.2) is 29.4 Å². The van der Waals surface area contributed by atoms with Gasteiger partial charge in [0, 0.05) is 7.05 Å². The maximum Gasteiger partial charge on any atom is 0.234 e. The van der Waals surface area contributed by atoms with Crippen molar-refractivity contribution in [1.82, 2.24) is 20.1 Å². The third-order valence-corrected chi connectivity index (χ3v) is 5.50. The molecule has 1 N–H and O–H groups in total. The van der Waals surface area contributed by atoms with Crippen molar-refractivity contribution in [1.29, 1.82) is 5.26 Å². The fourth-order valence-corrected chi connectivity index (χ4v) is 2.98. The van der Waals surface area contributed by atoms with Crippen LogP contribution in [0, 0.1) is 23.1 Å². The number of hydrogen-bond acceptors (Lipinski definition) is 5. The molecule has 1 amide bonds. The lowest BCUT2D eigenvalue weighted by Gasteiger charge is -2.28. The van der Waals surface area contributed by atoms with Gasteiger partial charge in [0.2, 0.25) is 5.91 Å². The third-order valence-electron chi connectivity index (χ3n) is 4.37. The number of carbonyl (C=O) groups excluding carboxylic acids is 1. The maximum absolute atomic E-state index is 14.0. The fraction of sp³-hybridized carbons (Fsp3) is 0.444. The minimum Gasteiger partial charge on any atom is -0.337 e. The van der Waals surface area contributed by atoms with Crippen LogP contribution in [0.5, 0.6) is 0 Å². The maximum atomic E-state index is 14.0. The number of hydrogen-bond donors (Lipinski definition) is 1. The quantitative estimate of drug-likeness (QED) is 0.784. The number of nitrogens with one attached hydrogen (secondary N) is 1. The van der Waals surface area contributed by atoms with Gasteiger partial charge in [-0.25, -0.2) is 4.39 Å². The van der Waals surface area contributed by atoms with Crippen LogP contribution in [0.25, 0.3) is 11.4 Å². The Morgan fingerprint density at radius 1 is 1.35 bits per heavy atom. The van der Waals surface area contributed by atoms with E-state index in [4.69, 9.17) is 0 Å². The molecule has 0 unspecified atom stereocenters. The van der Waals surface area contributed by atoms with Gasteiger partial charge < -0.3 is 9.88 Å². The van der Waals surface area contributed by atoms with E-state index in [0.29, 0.717) is 16.5 Å². The molecule has 8 heteroatoms. The molecule has 138 valence electrons. The zero-order valence-corrected chi connectivity index (χ0v) is 16.3. The molecule has 0 spiro atoms. The predicted molar refractivity (Wildman–Crippen MR) is 98.7 cm³/mol. The van der Waals surface area contributed by atoms with Gasteiger partial charge in [-0.3, -0.25) is 4.79 Å². The van der Waals surface area contributed by atoms with Crippen LogP contribution in [0.1, 0.15) is 27.7 Å². The summed E-state index contributed by atoms with van der Waals surface area (Å²) in [4.78, 5) is 12.5. The Morgan fingerprint density at radius 2 is 2.00 bits per heavy atom. The lowest BCUT2D eigenvalue weighted by molar-refractivity contribution is -0.121. The molecular weight excluding hydrogens is 353 g/mol. The van der Waals surface area contributed by atoms with Crippen LogP contribution in [0.2, 0.25) is 0 Å². The second-order valence-electron chi connectivity index (χ2n) is 6.56. The first-order chi connectivity index (χ1) is 12.2. The Balaban J connectivity index is 2.16. The van der Waals surface area contributed by atoms with Crippen LogP contribution < -0.4 is 5.32 Å². The summed E-state index contributed by atoms with van der Waals surface area (Å²) in [6, 6.07) is 8.48. The largest absolute Gasteiger partial charge is 0.337 e. The van der Waals surface area contributed by atoms with E-state index < -0.39 is 10.8 Å². The van der Waals surface area contributed by atoms with E-state index in [1.165, 1.54) is 17.8 Å². The zero-order valence-electron chi connectivity index (χ0n) is 15.4. The van der Waals surface area contributed by atoms with E-state index in [1.807, 2.05) is 13.8 Å². The Labute approximate surface area is 156 Å².